The number of nitrogens with zero attached hydrogens (tertiary/aromatic N) is 1. The lowest BCUT2D eigenvalue weighted by atomic mass is 9.97. The van der Waals surface area contributed by atoms with Crippen LogP contribution in [0.5, 0.6) is 0 Å². The van der Waals surface area contributed by atoms with Crippen LogP contribution in [0.1, 0.15) is 52.9 Å². The van der Waals surface area contributed by atoms with Gasteiger partial charge in [0, 0.05) is 5.54 Å². The van der Waals surface area contributed by atoms with Crippen molar-refractivity contribution in [1.82, 2.24) is 4.72 Å². The maximum atomic E-state index is 12.9. The lowest BCUT2D eigenvalue weighted by Crippen LogP contribution is -2.59. The van der Waals surface area contributed by atoms with Gasteiger partial charge < -0.3 is 4.90 Å². The molecule has 1 heterocycles. The number of nitrogens with one attached hydrogen (secondary N) is 1. The van der Waals surface area contributed by atoms with Gasteiger partial charge in [-0.2, -0.15) is 4.72 Å². The largest absolute Gasteiger partial charge is 0.349 e. The maximum Gasteiger partial charge on any atom is 0.244 e. The van der Waals surface area contributed by atoms with E-state index in [0.717, 1.165) is 18.9 Å². The van der Waals surface area contributed by atoms with Crippen molar-refractivity contribution in [2.45, 2.75) is 74.4 Å². The minimum atomic E-state index is -4.14. The second-order valence-electron chi connectivity index (χ2n) is 8.36. The zero-order chi connectivity index (χ0) is 20.2. The number of hydrogen-bond acceptors (Lipinski definition) is 5. The molecule has 1 aromatic carbocycles. The Morgan fingerprint density at radius 2 is 1.85 bits per heavy atom. The van der Waals surface area contributed by atoms with Gasteiger partial charge in [0.2, 0.25) is 20.0 Å². The Morgan fingerprint density at radius 3 is 2.37 bits per heavy atom. The first-order chi connectivity index (χ1) is 12.3. The fourth-order valence-electron chi connectivity index (χ4n) is 4.15. The number of anilines is 1. The van der Waals surface area contributed by atoms with Crippen molar-refractivity contribution < 1.29 is 16.8 Å². The number of nitrogens with two attached hydrogens (primary N) is 1. The molecule has 1 aliphatic carbocycles. The Balaban J connectivity index is 2.17. The van der Waals surface area contributed by atoms with Crippen molar-refractivity contribution in [3.8, 4) is 0 Å². The summed E-state index contributed by atoms with van der Waals surface area (Å²) in [5.41, 5.74) is -0.00503. The van der Waals surface area contributed by atoms with E-state index in [1.54, 1.807) is 0 Å². The number of rotatable bonds is 3. The van der Waals surface area contributed by atoms with Crippen molar-refractivity contribution in [3.63, 3.8) is 0 Å². The van der Waals surface area contributed by atoms with Crippen LogP contribution in [-0.2, 0) is 20.0 Å². The van der Waals surface area contributed by atoms with E-state index in [2.05, 4.69) is 4.72 Å². The second kappa shape index (κ2) is 6.88. The van der Waals surface area contributed by atoms with Crippen LogP contribution in [-0.4, -0.2) is 28.5 Å². The molecule has 1 aromatic rings. The van der Waals surface area contributed by atoms with Crippen LogP contribution in [0.25, 0.3) is 0 Å². The summed E-state index contributed by atoms with van der Waals surface area (Å²) in [6.07, 6.45) is 4.80. The van der Waals surface area contributed by atoms with E-state index in [1.165, 1.54) is 18.9 Å². The van der Waals surface area contributed by atoms with Crippen molar-refractivity contribution in [1.29, 1.82) is 0 Å². The van der Waals surface area contributed by atoms with E-state index < -0.39 is 36.6 Å². The third-order valence-electron chi connectivity index (χ3n) is 5.23. The molecular weight excluding hydrogens is 410 g/mol. The van der Waals surface area contributed by atoms with Crippen molar-refractivity contribution in [3.05, 3.63) is 17.2 Å². The Bertz CT molecular complexity index is 949. The van der Waals surface area contributed by atoms with E-state index in [-0.39, 0.29) is 9.92 Å². The summed E-state index contributed by atoms with van der Waals surface area (Å²) in [5, 5.41) is 5.11. The predicted molar refractivity (Wildman–Crippen MR) is 106 cm³/mol. The standard InChI is InChI=1S/C17H26ClN3O4S2/c1-17(2,3)21-13-9-12(18)14(26(19,22)23)10-15(13)27(24,25)20-16(21)8-11-6-4-5-7-11/h9-11,16,20H,4-8H2,1-3H3,(H2,19,22,23). The molecule has 1 saturated carbocycles. The third kappa shape index (κ3) is 4.12. The van der Waals surface area contributed by atoms with Gasteiger partial charge in [0.15, 0.2) is 0 Å². The van der Waals surface area contributed by atoms with Gasteiger partial charge in [0.05, 0.1) is 16.9 Å². The molecule has 3 N–H and O–H groups in total. The van der Waals surface area contributed by atoms with Crippen molar-refractivity contribution >= 4 is 37.3 Å². The number of fused-ring (bicyclic) bond motifs is 1. The molecule has 0 aromatic heterocycles. The molecular formula is C17H26ClN3O4S2. The van der Waals surface area contributed by atoms with Gasteiger partial charge in [-0.15, -0.1) is 0 Å². The van der Waals surface area contributed by atoms with E-state index in [0.29, 0.717) is 18.0 Å². The normalized spacial score (nSPS) is 23.4. The molecule has 1 atom stereocenters. The third-order valence-corrected chi connectivity index (χ3v) is 8.09. The SMILES string of the molecule is CC(C)(C)N1c2cc(Cl)c(S(N)(=O)=O)cc2S(=O)(=O)NC1CC1CCCC1. The van der Waals surface area contributed by atoms with Gasteiger partial charge in [0.1, 0.15) is 9.79 Å². The molecule has 1 aliphatic heterocycles. The molecule has 0 bridgehead atoms. The molecule has 3 rings (SSSR count). The first kappa shape index (κ1) is 20.9. The zero-order valence-electron chi connectivity index (χ0n) is 15.7. The molecule has 10 heteroatoms. The first-order valence-corrected chi connectivity index (χ1v) is 12.4. The highest BCUT2D eigenvalue weighted by Gasteiger charge is 2.42. The number of halogens is 1. The van der Waals surface area contributed by atoms with E-state index in [4.69, 9.17) is 16.7 Å². The monoisotopic (exact) mass is 435 g/mol. The lowest BCUT2D eigenvalue weighted by molar-refractivity contribution is 0.345. The first-order valence-electron chi connectivity index (χ1n) is 8.99. The Labute approximate surface area is 166 Å². The molecule has 0 radical (unpaired) electrons. The van der Waals surface area contributed by atoms with Crippen LogP contribution < -0.4 is 14.8 Å². The van der Waals surface area contributed by atoms with Gasteiger partial charge in [-0.1, -0.05) is 37.3 Å². The maximum absolute atomic E-state index is 12.9. The average molecular weight is 436 g/mol. The van der Waals surface area contributed by atoms with E-state index >= 15 is 0 Å². The van der Waals surface area contributed by atoms with Crippen molar-refractivity contribution in [2.24, 2.45) is 11.1 Å². The van der Waals surface area contributed by atoms with Gasteiger partial charge >= 0.3 is 0 Å². The summed E-state index contributed by atoms with van der Waals surface area (Å²) in [6.45, 7) is 5.96. The molecule has 152 valence electrons. The Morgan fingerprint density at radius 1 is 1.26 bits per heavy atom. The number of primary sulfonamides is 1. The quantitative estimate of drug-likeness (QED) is 0.758. The molecule has 1 unspecified atom stereocenters. The predicted octanol–water partition coefficient (Wildman–Crippen LogP) is 2.79. The number of sulfonamides is 2. The number of hydrogen-bond donors (Lipinski definition) is 2. The van der Waals surface area contributed by atoms with E-state index in [9.17, 15) is 16.8 Å². The van der Waals surface area contributed by atoms with Crippen LogP contribution in [0.3, 0.4) is 0 Å². The fourth-order valence-corrected chi connectivity index (χ4v) is 6.71. The zero-order valence-corrected chi connectivity index (χ0v) is 18.1. The van der Waals surface area contributed by atoms with Gasteiger partial charge in [0.25, 0.3) is 0 Å². The topological polar surface area (TPSA) is 110 Å². The molecule has 27 heavy (non-hydrogen) atoms. The molecule has 0 saturated heterocycles. The second-order valence-corrected chi connectivity index (χ2v) is 12.0. The minimum Gasteiger partial charge on any atom is -0.349 e. The lowest BCUT2D eigenvalue weighted by Gasteiger charge is -2.47. The summed E-state index contributed by atoms with van der Waals surface area (Å²) >= 11 is 6.17. The molecule has 1 fully saturated rings. The highest BCUT2D eigenvalue weighted by Crippen LogP contribution is 2.42. The summed E-state index contributed by atoms with van der Waals surface area (Å²) in [6, 6.07) is 2.46. The summed E-state index contributed by atoms with van der Waals surface area (Å²) in [7, 11) is -8.04. The highest BCUT2D eigenvalue weighted by atomic mass is 35.5. The Kier molecular flexibility index (Phi) is 5.31. The minimum absolute atomic E-state index is 0.0813. The van der Waals surface area contributed by atoms with Gasteiger partial charge in [-0.05, 0) is 45.2 Å². The van der Waals surface area contributed by atoms with Crippen LogP contribution >= 0.6 is 11.6 Å². The summed E-state index contributed by atoms with van der Waals surface area (Å²) in [4.78, 5) is 1.48. The Hall–Kier alpha value is -0.870. The van der Waals surface area contributed by atoms with Crippen LogP contribution in [0, 0.1) is 5.92 Å². The van der Waals surface area contributed by atoms with Crippen LogP contribution in [0.15, 0.2) is 21.9 Å². The highest BCUT2D eigenvalue weighted by molar-refractivity contribution is 7.90. The molecule has 7 nitrogen and oxygen atoms in total. The fraction of sp³-hybridized carbons (Fsp3) is 0.647. The summed E-state index contributed by atoms with van der Waals surface area (Å²) < 4.78 is 52.1. The van der Waals surface area contributed by atoms with Crippen LogP contribution in [0.2, 0.25) is 5.02 Å². The molecule has 2 aliphatic rings. The van der Waals surface area contributed by atoms with E-state index in [1.807, 2.05) is 25.7 Å². The van der Waals surface area contributed by atoms with Gasteiger partial charge in [-0.25, -0.2) is 22.0 Å². The van der Waals surface area contributed by atoms with Crippen molar-refractivity contribution in [2.75, 3.05) is 4.90 Å². The molecule has 0 spiro atoms. The number of benzene rings is 1. The molecule has 0 amide bonds. The average Bonchev–Trinajstić information content (AvgIpc) is 2.96. The van der Waals surface area contributed by atoms with Gasteiger partial charge in [-0.3, -0.25) is 0 Å². The smallest absolute Gasteiger partial charge is 0.244 e. The summed E-state index contributed by atoms with van der Waals surface area (Å²) in [5.74, 6) is 0.461. The van der Waals surface area contributed by atoms with Crippen LogP contribution in [0.4, 0.5) is 5.69 Å².